The Morgan fingerprint density at radius 1 is 1.35 bits per heavy atom. The van der Waals surface area contributed by atoms with E-state index in [1.54, 1.807) is 11.8 Å². The molecule has 0 aromatic carbocycles. The summed E-state index contributed by atoms with van der Waals surface area (Å²) in [6.07, 6.45) is 6.67. The lowest BCUT2D eigenvalue weighted by Gasteiger charge is -2.26. The van der Waals surface area contributed by atoms with Gasteiger partial charge in [-0.2, -0.15) is 0 Å². The lowest BCUT2D eigenvalue weighted by Crippen LogP contribution is -2.33. The first-order chi connectivity index (χ1) is 8.16. The van der Waals surface area contributed by atoms with Crippen LogP contribution < -0.4 is 5.73 Å². The van der Waals surface area contributed by atoms with Gasteiger partial charge in [-0.25, -0.2) is 4.98 Å². The van der Waals surface area contributed by atoms with Crippen LogP contribution in [0.2, 0.25) is 0 Å². The number of oxazole rings is 1. The molecule has 0 radical (unpaired) electrons. The maximum Gasteiger partial charge on any atom is 0.256 e. The van der Waals surface area contributed by atoms with Crippen molar-refractivity contribution in [3.8, 4) is 0 Å². The first-order valence-electron chi connectivity index (χ1n) is 6.49. The highest BCUT2D eigenvalue weighted by Crippen LogP contribution is 2.29. The number of aromatic nitrogens is 1. The molecular formula is C13H22N2OS. The van der Waals surface area contributed by atoms with Crippen LogP contribution >= 0.6 is 11.8 Å². The molecule has 2 rings (SSSR count). The van der Waals surface area contributed by atoms with E-state index >= 15 is 0 Å². The highest BCUT2D eigenvalue weighted by molar-refractivity contribution is 7.99. The van der Waals surface area contributed by atoms with E-state index in [4.69, 9.17) is 10.2 Å². The van der Waals surface area contributed by atoms with E-state index in [-0.39, 0.29) is 6.04 Å². The molecule has 1 aliphatic carbocycles. The zero-order chi connectivity index (χ0) is 12.3. The van der Waals surface area contributed by atoms with Gasteiger partial charge >= 0.3 is 0 Å². The van der Waals surface area contributed by atoms with Crippen LogP contribution in [0, 0.1) is 19.8 Å². The topological polar surface area (TPSA) is 52.0 Å². The van der Waals surface area contributed by atoms with E-state index in [1.165, 1.54) is 32.1 Å². The SMILES string of the molecule is Cc1nc(SCC(N)C2CCCCC2)oc1C. The summed E-state index contributed by atoms with van der Waals surface area (Å²) in [6, 6.07) is 0.285. The second-order valence-corrected chi connectivity index (χ2v) is 5.97. The Kier molecular flexibility index (Phi) is 4.51. The molecule has 96 valence electrons. The fraction of sp³-hybridized carbons (Fsp3) is 0.769. The fourth-order valence-corrected chi connectivity index (χ4v) is 3.36. The van der Waals surface area contributed by atoms with Crippen LogP contribution in [0.1, 0.15) is 43.6 Å². The van der Waals surface area contributed by atoms with Gasteiger partial charge in [-0.1, -0.05) is 31.0 Å². The number of aryl methyl sites for hydroxylation is 2. The summed E-state index contributed by atoms with van der Waals surface area (Å²) in [5.74, 6) is 2.54. The molecule has 1 atom stereocenters. The van der Waals surface area contributed by atoms with Crippen LogP contribution in [0.5, 0.6) is 0 Å². The number of rotatable bonds is 4. The van der Waals surface area contributed by atoms with Crippen LogP contribution in [0.25, 0.3) is 0 Å². The Bertz CT molecular complexity index is 339. The Balaban J connectivity index is 1.80. The number of nitrogens with two attached hydrogens (primary N) is 1. The Hall–Kier alpha value is -0.480. The molecule has 0 saturated heterocycles. The third kappa shape index (κ3) is 3.49. The van der Waals surface area contributed by atoms with E-state index in [9.17, 15) is 0 Å². The van der Waals surface area contributed by atoms with Gasteiger partial charge in [0.25, 0.3) is 5.22 Å². The summed E-state index contributed by atoms with van der Waals surface area (Å²) < 4.78 is 5.55. The number of nitrogens with zero attached hydrogens (tertiary/aromatic N) is 1. The molecule has 17 heavy (non-hydrogen) atoms. The van der Waals surface area contributed by atoms with Gasteiger partial charge in [0, 0.05) is 11.8 Å². The van der Waals surface area contributed by atoms with Crippen LogP contribution in [-0.2, 0) is 0 Å². The third-order valence-corrected chi connectivity index (χ3v) is 4.64. The van der Waals surface area contributed by atoms with Gasteiger partial charge in [-0.15, -0.1) is 0 Å². The second kappa shape index (κ2) is 5.91. The maximum atomic E-state index is 6.25. The number of hydrogen-bond acceptors (Lipinski definition) is 4. The standard InChI is InChI=1S/C13H22N2OS/c1-9-10(2)16-13(15-9)17-8-12(14)11-6-4-3-5-7-11/h11-12H,3-8,14H2,1-2H3. The van der Waals surface area contributed by atoms with Crippen LogP contribution in [0.3, 0.4) is 0 Å². The fourth-order valence-electron chi connectivity index (χ4n) is 2.37. The molecule has 1 aliphatic rings. The Morgan fingerprint density at radius 2 is 2.06 bits per heavy atom. The Morgan fingerprint density at radius 3 is 2.65 bits per heavy atom. The zero-order valence-electron chi connectivity index (χ0n) is 10.7. The molecule has 4 heteroatoms. The molecule has 0 amide bonds. The molecular weight excluding hydrogens is 232 g/mol. The highest BCUT2D eigenvalue weighted by atomic mass is 32.2. The van der Waals surface area contributed by atoms with E-state index in [2.05, 4.69) is 4.98 Å². The molecule has 1 aromatic heterocycles. The molecule has 0 spiro atoms. The van der Waals surface area contributed by atoms with Gasteiger partial charge in [0.05, 0.1) is 5.69 Å². The monoisotopic (exact) mass is 254 g/mol. The van der Waals surface area contributed by atoms with Crippen molar-refractivity contribution in [1.82, 2.24) is 4.98 Å². The van der Waals surface area contributed by atoms with Crippen LogP contribution in [-0.4, -0.2) is 16.8 Å². The average Bonchev–Trinajstić information content (AvgIpc) is 2.67. The zero-order valence-corrected chi connectivity index (χ0v) is 11.6. The lowest BCUT2D eigenvalue weighted by atomic mass is 9.85. The third-order valence-electron chi connectivity index (χ3n) is 3.66. The summed E-state index contributed by atoms with van der Waals surface area (Å²) in [5.41, 5.74) is 7.24. The second-order valence-electron chi connectivity index (χ2n) is 4.99. The minimum absolute atomic E-state index is 0.285. The normalized spacial score (nSPS) is 19.5. The molecule has 3 nitrogen and oxygen atoms in total. The van der Waals surface area contributed by atoms with Crippen molar-refractivity contribution in [3.63, 3.8) is 0 Å². The minimum Gasteiger partial charge on any atom is -0.437 e. The smallest absolute Gasteiger partial charge is 0.256 e. The maximum absolute atomic E-state index is 6.25. The predicted molar refractivity (Wildman–Crippen MR) is 71.3 cm³/mol. The van der Waals surface area contributed by atoms with Gasteiger partial charge in [-0.05, 0) is 32.6 Å². The molecule has 1 aromatic rings. The summed E-state index contributed by atoms with van der Waals surface area (Å²) >= 11 is 1.65. The molecule has 1 saturated carbocycles. The van der Waals surface area contributed by atoms with Crippen molar-refractivity contribution in [3.05, 3.63) is 11.5 Å². The minimum atomic E-state index is 0.285. The van der Waals surface area contributed by atoms with Crippen molar-refractivity contribution >= 4 is 11.8 Å². The summed E-state index contributed by atoms with van der Waals surface area (Å²) in [7, 11) is 0. The van der Waals surface area contributed by atoms with Gasteiger partial charge < -0.3 is 10.2 Å². The molecule has 1 fully saturated rings. The molecule has 1 heterocycles. The summed E-state index contributed by atoms with van der Waals surface area (Å²) in [5, 5.41) is 0.770. The van der Waals surface area contributed by atoms with Gasteiger partial charge in [-0.3, -0.25) is 0 Å². The molecule has 2 N–H and O–H groups in total. The van der Waals surface area contributed by atoms with Crippen LogP contribution in [0.4, 0.5) is 0 Å². The average molecular weight is 254 g/mol. The first kappa shape index (κ1) is 13.0. The van der Waals surface area contributed by atoms with Crippen molar-refractivity contribution in [2.24, 2.45) is 11.7 Å². The van der Waals surface area contributed by atoms with E-state index in [1.807, 2.05) is 13.8 Å². The van der Waals surface area contributed by atoms with Crippen LogP contribution in [0.15, 0.2) is 9.64 Å². The predicted octanol–water partition coefficient (Wildman–Crippen LogP) is 3.29. The van der Waals surface area contributed by atoms with Crippen molar-refractivity contribution in [2.45, 2.75) is 57.2 Å². The van der Waals surface area contributed by atoms with Crippen molar-refractivity contribution in [1.29, 1.82) is 0 Å². The first-order valence-corrected chi connectivity index (χ1v) is 7.48. The quantitative estimate of drug-likeness (QED) is 0.838. The largest absolute Gasteiger partial charge is 0.437 e. The van der Waals surface area contributed by atoms with E-state index in [0.717, 1.165) is 22.4 Å². The van der Waals surface area contributed by atoms with Gasteiger partial charge in [0.1, 0.15) is 5.76 Å². The van der Waals surface area contributed by atoms with Gasteiger partial charge in [0.2, 0.25) is 0 Å². The number of thioether (sulfide) groups is 1. The molecule has 0 aliphatic heterocycles. The van der Waals surface area contributed by atoms with E-state index in [0.29, 0.717) is 5.92 Å². The van der Waals surface area contributed by atoms with E-state index < -0.39 is 0 Å². The lowest BCUT2D eigenvalue weighted by molar-refractivity contribution is 0.318. The Labute approximate surface area is 108 Å². The molecule has 0 bridgehead atoms. The number of hydrogen-bond donors (Lipinski definition) is 1. The van der Waals surface area contributed by atoms with Gasteiger partial charge in [0.15, 0.2) is 0 Å². The summed E-state index contributed by atoms with van der Waals surface area (Å²) in [6.45, 7) is 3.93. The van der Waals surface area contributed by atoms with Crippen molar-refractivity contribution in [2.75, 3.05) is 5.75 Å². The highest BCUT2D eigenvalue weighted by Gasteiger charge is 2.21. The molecule has 1 unspecified atom stereocenters. The van der Waals surface area contributed by atoms with Crippen molar-refractivity contribution < 1.29 is 4.42 Å². The summed E-state index contributed by atoms with van der Waals surface area (Å²) in [4.78, 5) is 4.37.